The van der Waals surface area contributed by atoms with Crippen LogP contribution in [0.25, 0.3) is 10.9 Å². The molecule has 0 bridgehead atoms. The highest BCUT2D eigenvalue weighted by Crippen LogP contribution is 2.29. The Morgan fingerprint density at radius 1 is 1.13 bits per heavy atom. The Morgan fingerprint density at radius 3 is 2.83 bits per heavy atom. The highest BCUT2D eigenvalue weighted by Gasteiger charge is 2.21. The fourth-order valence-corrected chi connectivity index (χ4v) is 4.06. The third-order valence-electron chi connectivity index (χ3n) is 5.68. The van der Waals surface area contributed by atoms with E-state index < -0.39 is 0 Å². The molecule has 0 saturated carbocycles. The summed E-state index contributed by atoms with van der Waals surface area (Å²) in [7, 11) is 0. The van der Waals surface area contributed by atoms with Gasteiger partial charge in [0.15, 0.2) is 0 Å². The highest BCUT2D eigenvalue weighted by molar-refractivity contribution is 5.86. The second-order valence-electron chi connectivity index (χ2n) is 7.90. The Morgan fingerprint density at radius 2 is 2.03 bits per heavy atom. The average Bonchev–Trinajstić information content (AvgIpc) is 3.28. The van der Waals surface area contributed by atoms with Crippen molar-refractivity contribution in [2.45, 2.75) is 26.0 Å². The van der Waals surface area contributed by atoms with Gasteiger partial charge in [0.1, 0.15) is 12.4 Å². The molecule has 0 radical (unpaired) electrons. The van der Waals surface area contributed by atoms with Crippen molar-refractivity contribution in [3.05, 3.63) is 48.3 Å². The molecule has 2 saturated heterocycles. The van der Waals surface area contributed by atoms with E-state index in [2.05, 4.69) is 47.9 Å². The Kier molecular flexibility index (Phi) is 5.42. The van der Waals surface area contributed by atoms with E-state index >= 15 is 0 Å². The zero-order chi connectivity index (χ0) is 20.3. The molecule has 0 amide bonds. The number of ether oxygens (including phenoxy) is 2. The summed E-state index contributed by atoms with van der Waals surface area (Å²) in [4.78, 5) is 22.5. The molecule has 2 aliphatic rings. The Labute approximate surface area is 175 Å². The number of nitrogens with zero attached hydrogens (tertiary/aromatic N) is 6. The molecule has 3 aromatic rings. The smallest absolute Gasteiger partial charge is 0.224 e. The summed E-state index contributed by atoms with van der Waals surface area (Å²) < 4.78 is 11.5. The minimum absolute atomic E-state index is 0.0695. The van der Waals surface area contributed by atoms with Crippen LogP contribution < -0.4 is 9.64 Å². The molecule has 156 valence electrons. The van der Waals surface area contributed by atoms with Gasteiger partial charge >= 0.3 is 0 Å². The first kappa shape index (κ1) is 19.1. The molecule has 8 heteroatoms. The van der Waals surface area contributed by atoms with Gasteiger partial charge in [-0.05, 0) is 25.1 Å². The maximum Gasteiger partial charge on any atom is 0.224 e. The van der Waals surface area contributed by atoms with Crippen molar-refractivity contribution in [3.63, 3.8) is 0 Å². The van der Waals surface area contributed by atoms with Crippen molar-refractivity contribution in [1.29, 1.82) is 0 Å². The molecule has 0 N–H and O–H groups in total. The monoisotopic (exact) mass is 406 g/mol. The van der Waals surface area contributed by atoms with Crippen LogP contribution in [0.15, 0.2) is 36.9 Å². The summed E-state index contributed by atoms with van der Waals surface area (Å²) in [6.07, 6.45) is 6.20. The van der Waals surface area contributed by atoms with Crippen LogP contribution in [0.3, 0.4) is 0 Å². The Hall–Kier alpha value is -2.84. The predicted octanol–water partition coefficient (Wildman–Crippen LogP) is 2.22. The fourth-order valence-electron chi connectivity index (χ4n) is 4.06. The van der Waals surface area contributed by atoms with Gasteiger partial charge in [-0.3, -0.25) is 14.9 Å². The van der Waals surface area contributed by atoms with Gasteiger partial charge in [-0.1, -0.05) is 0 Å². The first-order valence-electron chi connectivity index (χ1n) is 10.5. The number of aromatic nitrogens is 4. The summed E-state index contributed by atoms with van der Waals surface area (Å²) >= 11 is 0. The van der Waals surface area contributed by atoms with Gasteiger partial charge < -0.3 is 14.4 Å². The van der Waals surface area contributed by atoms with E-state index in [1.165, 1.54) is 5.69 Å². The Bertz CT molecular complexity index is 1020. The van der Waals surface area contributed by atoms with E-state index in [0.717, 1.165) is 68.0 Å². The largest absolute Gasteiger partial charge is 0.471 e. The molecule has 30 heavy (non-hydrogen) atoms. The molecule has 1 unspecified atom stereocenters. The van der Waals surface area contributed by atoms with E-state index in [-0.39, 0.29) is 6.10 Å². The van der Waals surface area contributed by atoms with Gasteiger partial charge in [-0.15, -0.1) is 0 Å². The molecule has 2 fully saturated rings. The van der Waals surface area contributed by atoms with E-state index in [1.54, 1.807) is 12.5 Å². The second-order valence-corrected chi connectivity index (χ2v) is 7.90. The molecule has 1 atom stereocenters. The summed E-state index contributed by atoms with van der Waals surface area (Å²) in [6.45, 7) is 8.10. The lowest BCUT2D eigenvalue weighted by Gasteiger charge is -2.36. The van der Waals surface area contributed by atoms with Gasteiger partial charge in [0.2, 0.25) is 5.88 Å². The first-order chi connectivity index (χ1) is 14.7. The SMILES string of the molecule is Cc1cncc(CN2CCN(c3ccc4ncnc(OC5CCOC5)c4c3)CC2)n1. The summed E-state index contributed by atoms with van der Waals surface area (Å²) in [5.74, 6) is 0.647. The standard InChI is InChI=1S/C22H26N6O2/c1-16-11-23-12-17(26-16)13-27-5-7-28(8-6-27)18-2-3-21-20(10-18)22(25-15-24-21)30-19-4-9-29-14-19/h2-3,10-12,15,19H,4-9,13-14H2,1H3. The number of fused-ring (bicyclic) bond motifs is 1. The van der Waals surface area contributed by atoms with Gasteiger partial charge in [0.05, 0.1) is 35.5 Å². The zero-order valence-electron chi connectivity index (χ0n) is 17.2. The number of anilines is 1. The summed E-state index contributed by atoms with van der Waals surface area (Å²) in [6, 6.07) is 6.35. The number of piperazine rings is 1. The van der Waals surface area contributed by atoms with Crippen LogP contribution in [0, 0.1) is 6.92 Å². The summed E-state index contributed by atoms with van der Waals surface area (Å²) in [5.41, 5.74) is 4.08. The number of benzene rings is 1. The van der Waals surface area contributed by atoms with E-state index in [0.29, 0.717) is 12.5 Å². The third kappa shape index (κ3) is 4.20. The molecular weight excluding hydrogens is 380 g/mol. The lowest BCUT2D eigenvalue weighted by Crippen LogP contribution is -2.46. The van der Waals surface area contributed by atoms with Crippen molar-refractivity contribution in [3.8, 4) is 5.88 Å². The van der Waals surface area contributed by atoms with E-state index in [4.69, 9.17) is 9.47 Å². The molecule has 1 aromatic carbocycles. The van der Waals surface area contributed by atoms with Crippen LogP contribution in [0.1, 0.15) is 17.8 Å². The predicted molar refractivity (Wildman–Crippen MR) is 114 cm³/mol. The molecule has 0 spiro atoms. The molecule has 0 aliphatic carbocycles. The van der Waals surface area contributed by atoms with Crippen LogP contribution in [0.4, 0.5) is 5.69 Å². The number of rotatable bonds is 5. The zero-order valence-corrected chi connectivity index (χ0v) is 17.2. The van der Waals surface area contributed by atoms with Crippen LogP contribution in [-0.4, -0.2) is 70.3 Å². The van der Waals surface area contributed by atoms with E-state index in [9.17, 15) is 0 Å². The second kappa shape index (κ2) is 8.49. The molecule has 4 heterocycles. The quantitative estimate of drug-likeness (QED) is 0.638. The van der Waals surface area contributed by atoms with Crippen molar-refractivity contribution >= 4 is 16.6 Å². The molecular formula is C22H26N6O2. The van der Waals surface area contributed by atoms with Crippen LogP contribution in [0.2, 0.25) is 0 Å². The Balaban J connectivity index is 1.28. The minimum Gasteiger partial charge on any atom is -0.471 e. The third-order valence-corrected chi connectivity index (χ3v) is 5.68. The molecule has 5 rings (SSSR count). The van der Waals surface area contributed by atoms with Crippen LogP contribution in [-0.2, 0) is 11.3 Å². The lowest BCUT2D eigenvalue weighted by atomic mass is 10.1. The summed E-state index contributed by atoms with van der Waals surface area (Å²) in [5, 5.41) is 0.958. The van der Waals surface area contributed by atoms with Crippen LogP contribution >= 0.6 is 0 Å². The molecule has 8 nitrogen and oxygen atoms in total. The molecule has 2 aliphatic heterocycles. The van der Waals surface area contributed by atoms with Crippen molar-refractivity contribution in [2.75, 3.05) is 44.3 Å². The van der Waals surface area contributed by atoms with Crippen molar-refractivity contribution < 1.29 is 9.47 Å². The topological polar surface area (TPSA) is 76.5 Å². The van der Waals surface area contributed by atoms with Gasteiger partial charge in [0, 0.05) is 57.2 Å². The normalized spacial score (nSPS) is 20.0. The van der Waals surface area contributed by atoms with Crippen molar-refractivity contribution in [2.24, 2.45) is 0 Å². The lowest BCUT2D eigenvalue weighted by molar-refractivity contribution is 0.139. The average molecular weight is 406 g/mol. The highest BCUT2D eigenvalue weighted by atomic mass is 16.5. The van der Waals surface area contributed by atoms with Gasteiger partial charge in [-0.2, -0.15) is 0 Å². The fraction of sp³-hybridized carbons (Fsp3) is 0.455. The van der Waals surface area contributed by atoms with E-state index in [1.807, 2.05) is 13.1 Å². The van der Waals surface area contributed by atoms with Gasteiger partial charge in [0.25, 0.3) is 0 Å². The number of hydrogen-bond donors (Lipinski definition) is 0. The molecule has 2 aromatic heterocycles. The first-order valence-corrected chi connectivity index (χ1v) is 10.5. The van der Waals surface area contributed by atoms with Gasteiger partial charge in [-0.25, -0.2) is 9.97 Å². The van der Waals surface area contributed by atoms with Crippen LogP contribution in [0.5, 0.6) is 5.88 Å². The number of aryl methyl sites for hydroxylation is 1. The maximum atomic E-state index is 6.11. The maximum absolute atomic E-state index is 6.11. The minimum atomic E-state index is 0.0695. The number of hydrogen-bond acceptors (Lipinski definition) is 8. The van der Waals surface area contributed by atoms with Crippen molar-refractivity contribution in [1.82, 2.24) is 24.8 Å².